The van der Waals surface area contributed by atoms with Gasteiger partial charge in [0.2, 0.25) is 0 Å². The van der Waals surface area contributed by atoms with Gasteiger partial charge in [0, 0.05) is 8.95 Å². The zero-order valence-corrected chi connectivity index (χ0v) is 11.3. The summed E-state index contributed by atoms with van der Waals surface area (Å²) in [6.07, 6.45) is -4.28. The Balaban J connectivity index is 3.07. The van der Waals surface area contributed by atoms with Crippen LogP contribution in [0.5, 0.6) is 0 Å². The van der Waals surface area contributed by atoms with E-state index < -0.39 is 11.0 Å². The van der Waals surface area contributed by atoms with E-state index in [1.54, 1.807) is 6.07 Å². The number of halogens is 6. The third-order valence-electron chi connectivity index (χ3n) is 1.46. The second-order valence-electron chi connectivity index (χ2n) is 2.61. The molecule has 0 aliphatic carbocycles. The summed E-state index contributed by atoms with van der Waals surface area (Å²) in [6.45, 7) is 0. The predicted octanol–water partition coefficient (Wildman–Crippen LogP) is 5.21. The van der Waals surface area contributed by atoms with Gasteiger partial charge in [-0.1, -0.05) is 47.8 Å². The van der Waals surface area contributed by atoms with E-state index in [2.05, 4.69) is 47.8 Å². The first kappa shape index (κ1) is 12.5. The maximum absolute atomic E-state index is 12.3. The van der Waals surface area contributed by atoms with E-state index in [0.717, 1.165) is 0 Å². The molecule has 0 radical (unpaired) electrons. The maximum Gasteiger partial charge on any atom is 0.405 e. The zero-order valence-electron chi connectivity index (χ0n) is 6.58. The molecule has 0 amide bonds. The highest BCUT2D eigenvalue weighted by molar-refractivity contribution is 9.11. The molecule has 1 unspecified atom stereocenters. The highest BCUT2D eigenvalue weighted by Crippen LogP contribution is 2.41. The van der Waals surface area contributed by atoms with Crippen molar-refractivity contribution in [1.82, 2.24) is 0 Å². The Kier molecular flexibility index (Phi) is 4.05. The molecular formula is C8H4Br3F3. The van der Waals surface area contributed by atoms with Crippen LogP contribution in [0.3, 0.4) is 0 Å². The summed E-state index contributed by atoms with van der Waals surface area (Å²) in [4.78, 5) is -1.64. The first-order chi connectivity index (χ1) is 6.30. The van der Waals surface area contributed by atoms with Crippen LogP contribution < -0.4 is 0 Å². The average Bonchev–Trinajstić information content (AvgIpc) is 1.99. The lowest BCUT2D eigenvalue weighted by Crippen LogP contribution is -2.15. The predicted molar refractivity (Wildman–Crippen MR) is 59.6 cm³/mol. The van der Waals surface area contributed by atoms with E-state index in [1.165, 1.54) is 12.1 Å². The second-order valence-corrected chi connectivity index (χ2v) is 5.35. The molecule has 78 valence electrons. The Labute approximate surface area is 104 Å². The number of benzene rings is 1. The topological polar surface area (TPSA) is 0 Å². The summed E-state index contributed by atoms with van der Waals surface area (Å²) in [7, 11) is 0. The van der Waals surface area contributed by atoms with Gasteiger partial charge in [-0.3, -0.25) is 0 Å². The van der Waals surface area contributed by atoms with Gasteiger partial charge in [0.25, 0.3) is 0 Å². The van der Waals surface area contributed by atoms with Gasteiger partial charge in [0.1, 0.15) is 4.83 Å². The van der Waals surface area contributed by atoms with Crippen LogP contribution >= 0.6 is 47.8 Å². The quantitative estimate of drug-likeness (QED) is 0.572. The molecule has 0 spiro atoms. The molecule has 0 aromatic heterocycles. The van der Waals surface area contributed by atoms with Crippen molar-refractivity contribution < 1.29 is 13.2 Å². The molecule has 0 aliphatic rings. The van der Waals surface area contributed by atoms with Crippen LogP contribution in [-0.4, -0.2) is 6.18 Å². The molecule has 14 heavy (non-hydrogen) atoms. The zero-order chi connectivity index (χ0) is 10.9. The molecule has 0 bridgehead atoms. The first-order valence-corrected chi connectivity index (χ1v) is 5.97. The largest absolute Gasteiger partial charge is 0.405 e. The molecule has 0 heterocycles. The number of hydrogen-bond acceptors (Lipinski definition) is 0. The molecule has 0 N–H and O–H groups in total. The summed E-state index contributed by atoms with van der Waals surface area (Å²) in [5.41, 5.74) is 0.166. The number of hydrogen-bond donors (Lipinski definition) is 0. The van der Waals surface area contributed by atoms with Crippen molar-refractivity contribution in [2.75, 3.05) is 0 Å². The Morgan fingerprint density at radius 1 is 1.00 bits per heavy atom. The van der Waals surface area contributed by atoms with Crippen LogP contribution in [0.4, 0.5) is 13.2 Å². The Morgan fingerprint density at radius 2 is 1.43 bits per heavy atom. The van der Waals surface area contributed by atoms with Crippen LogP contribution in [0.25, 0.3) is 0 Å². The summed E-state index contributed by atoms with van der Waals surface area (Å²) in [5.74, 6) is 0. The Hall–Kier alpha value is 0.450. The standard InChI is InChI=1S/C8H4Br3F3/c9-5-1-4(2-6(10)3-5)7(11)8(12,13)14/h1-3,7H. The summed E-state index contributed by atoms with van der Waals surface area (Å²) in [6, 6.07) is 4.54. The smallest absolute Gasteiger partial charge is 0.169 e. The molecule has 0 fully saturated rings. The summed E-state index contributed by atoms with van der Waals surface area (Å²) >= 11 is 8.87. The van der Waals surface area contributed by atoms with Gasteiger partial charge in [0.05, 0.1) is 0 Å². The molecule has 0 saturated heterocycles. The third kappa shape index (κ3) is 3.24. The fourth-order valence-electron chi connectivity index (χ4n) is 0.910. The van der Waals surface area contributed by atoms with E-state index in [0.29, 0.717) is 8.95 Å². The third-order valence-corrected chi connectivity index (χ3v) is 3.43. The summed E-state index contributed by atoms with van der Waals surface area (Å²) in [5, 5.41) is 0. The molecule has 1 aromatic rings. The van der Waals surface area contributed by atoms with Crippen molar-refractivity contribution in [2.24, 2.45) is 0 Å². The summed E-state index contributed by atoms with van der Waals surface area (Å²) < 4.78 is 38.2. The van der Waals surface area contributed by atoms with E-state index in [1.807, 2.05) is 0 Å². The molecule has 0 saturated carbocycles. The van der Waals surface area contributed by atoms with E-state index in [9.17, 15) is 13.2 Å². The molecule has 1 rings (SSSR count). The van der Waals surface area contributed by atoms with Crippen LogP contribution in [0.15, 0.2) is 27.1 Å². The number of rotatable bonds is 1. The normalized spacial score (nSPS) is 14.1. The van der Waals surface area contributed by atoms with Gasteiger partial charge >= 0.3 is 6.18 Å². The monoisotopic (exact) mass is 394 g/mol. The van der Waals surface area contributed by atoms with Crippen molar-refractivity contribution in [2.45, 2.75) is 11.0 Å². The van der Waals surface area contributed by atoms with E-state index in [-0.39, 0.29) is 5.56 Å². The molecule has 0 nitrogen and oxygen atoms in total. The van der Waals surface area contributed by atoms with Crippen molar-refractivity contribution in [1.29, 1.82) is 0 Å². The lowest BCUT2D eigenvalue weighted by Gasteiger charge is -2.14. The minimum absolute atomic E-state index is 0.166. The second kappa shape index (κ2) is 4.53. The fourth-order valence-corrected chi connectivity index (χ4v) is 2.50. The van der Waals surface area contributed by atoms with Gasteiger partial charge in [-0.05, 0) is 23.8 Å². The fraction of sp³-hybridized carbons (Fsp3) is 0.250. The van der Waals surface area contributed by atoms with Gasteiger partial charge < -0.3 is 0 Å². The Morgan fingerprint density at radius 3 is 1.79 bits per heavy atom. The van der Waals surface area contributed by atoms with E-state index >= 15 is 0 Å². The minimum Gasteiger partial charge on any atom is -0.169 e. The molecule has 0 aliphatic heterocycles. The van der Waals surface area contributed by atoms with E-state index in [4.69, 9.17) is 0 Å². The highest BCUT2D eigenvalue weighted by Gasteiger charge is 2.38. The SMILES string of the molecule is FC(F)(F)C(Br)c1cc(Br)cc(Br)c1. The van der Waals surface area contributed by atoms with Gasteiger partial charge in [-0.15, -0.1) is 0 Å². The molecular weight excluding hydrogens is 393 g/mol. The Bertz CT molecular complexity index is 315. The lowest BCUT2D eigenvalue weighted by molar-refractivity contribution is -0.128. The molecule has 6 heteroatoms. The minimum atomic E-state index is -4.28. The van der Waals surface area contributed by atoms with Crippen LogP contribution in [0, 0.1) is 0 Å². The first-order valence-electron chi connectivity index (χ1n) is 3.47. The average molecular weight is 397 g/mol. The van der Waals surface area contributed by atoms with Crippen LogP contribution in [0.1, 0.15) is 10.4 Å². The van der Waals surface area contributed by atoms with Gasteiger partial charge in [0.15, 0.2) is 0 Å². The number of alkyl halides is 4. The van der Waals surface area contributed by atoms with Gasteiger partial charge in [-0.2, -0.15) is 13.2 Å². The van der Waals surface area contributed by atoms with Crippen molar-refractivity contribution in [3.63, 3.8) is 0 Å². The van der Waals surface area contributed by atoms with Crippen molar-refractivity contribution in [3.8, 4) is 0 Å². The lowest BCUT2D eigenvalue weighted by atomic mass is 10.1. The molecule has 1 aromatic carbocycles. The van der Waals surface area contributed by atoms with Crippen LogP contribution in [-0.2, 0) is 0 Å². The van der Waals surface area contributed by atoms with Crippen molar-refractivity contribution in [3.05, 3.63) is 32.7 Å². The maximum atomic E-state index is 12.3. The van der Waals surface area contributed by atoms with Crippen molar-refractivity contribution >= 4 is 47.8 Å². The highest BCUT2D eigenvalue weighted by atomic mass is 79.9. The molecule has 1 atom stereocenters. The van der Waals surface area contributed by atoms with Crippen LogP contribution in [0.2, 0.25) is 0 Å². The van der Waals surface area contributed by atoms with Gasteiger partial charge in [-0.25, -0.2) is 0 Å².